The van der Waals surface area contributed by atoms with Crippen molar-refractivity contribution in [1.82, 2.24) is 5.06 Å². The van der Waals surface area contributed by atoms with E-state index in [9.17, 15) is 9.59 Å². The molecule has 1 heterocycles. The van der Waals surface area contributed by atoms with Crippen molar-refractivity contribution in [1.29, 1.82) is 0 Å². The third-order valence-corrected chi connectivity index (χ3v) is 5.28. The van der Waals surface area contributed by atoms with Gasteiger partial charge in [-0.1, -0.05) is 36.4 Å². The molecule has 6 nitrogen and oxygen atoms in total. The van der Waals surface area contributed by atoms with Gasteiger partial charge in [-0.15, -0.1) is 0 Å². The summed E-state index contributed by atoms with van der Waals surface area (Å²) in [6, 6.07) is 13.0. The summed E-state index contributed by atoms with van der Waals surface area (Å²) in [6.07, 6.45) is 0. The number of rotatable bonds is 6. The van der Waals surface area contributed by atoms with Crippen LogP contribution in [-0.2, 0) is 19.1 Å². The zero-order valence-electron chi connectivity index (χ0n) is 18.2. The van der Waals surface area contributed by atoms with Crippen LogP contribution in [0.4, 0.5) is 0 Å². The summed E-state index contributed by atoms with van der Waals surface area (Å²) in [5.74, 6) is -0.627. The molecule has 1 aliphatic rings. The number of esters is 1. The molecule has 1 aliphatic heterocycles. The monoisotopic (exact) mass is 409 g/mol. The second-order valence-electron chi connectivity index (χ2n) is 7.87. The average molecular weight is 409 g/mol. The van der Waals surface area contributed by atoms with Gasteiger partial charge in [-0.25, -0.2) is 14.7 Å². The molecule has 6 heteroatoms. The fourth-order valence-corrected chi connectivity index (χ4v) is 3.73. The van der Waals surface area contributed by atoms with E-state index in [1.165, 1.54) is 12.2 Å². The lowest BCUT2D eigenvalue weighted by Gasteiger charge is -2.31. The molecule has 1 amide bonds. The minimum absolute atomic E-state index is 0.103. The van der Waals surface area contributed by atoms with Crippen molar-refractivity contribution >= 4 is 17.4 Å². The predicted octanol–water partition coefficient (Wildman–Crippen LogP) is 4.34. The fourth-order valence-electron chi connectivity index (χ4n) is 3.73. The lowest BCUT2D eigenvalue weighted by Crippen LogP contribution is -2.44. The Hall–Kier alpha value is -2.96. The molecule has 158 valence electrons. The highest BCUT2D eigenvalue weighted by Crippen LogP contribution is 2.43. The molecular weight excluding hydrogens is 382 g/mol. The normalized spacial score (nSPS) is 15.7. The summed E-state index contributed by atoms with van der Waals surface area (Å²) in [5.41, 5.74) is 3.12. The van der Waals surface area contributed by atoms with Crippen molar-refractivity contribution in [2.75, 3.05) is 13.9 Å². The zero-order chi connectivity index (χ0) is 22.1. The first kappa shape index (κ1) is 21.7. The molecule has 0 fully saturated rings. The molecule has 0 saturated carbocycles. The third kappa shape index (κ3) is 3.76. The zero-order valence-corrected chi connectivity index (χ0v) is 18.2. The quantitative estimate of drug-likeness (QED) is 0.525. The van der Waals surface area contributed by atoms with Crippen LogP contribution >= 0.6 is 0 Å². The van der Waals surface area contributed by atoms with Crippen LogP contribution in [0.5, 0.6) is 0 Å². The SMILES string of the molecule is COCON1C(=O)C(c2c(C)cccc2C)=C(OC(=O)c2ccccc2C)C1(C)C. The van der Waals surface area contributed by atoms with Crippen LogP contribution in [0, 0.1) is 20.8 Å². The molecule has 0 aliphatic carbocycles. The largest absolute Gasteiger partial charge is 0.424 e. The number of ether oxygens (including phenoxy) is 2. The van der Waals surface area contributed by atoms with Gasteiger partial charge in [-0.3, -0.25) is 4.79 Å². The lowest BCUT2D eigenvalue weighted by molar-refractivity contribution is -0.238. The summed E-state index contributed by atoms with van der Waals surface area (Å²) in [4.78, 5) is 32.0. The van der Waals surface area contributed by atoms with Gasteiger partial charge < -0.3 is 9.47 Å². The third-order valence-electron chi connectivity index (χ3n) is 5.28. The second-order valence-corrected chi connectivity index (χ2v) is 7.87. The Morgan fingerprint density at radius 1 is 0.967 bits per heavy atom. The number of hydrogen-bond donors (Lipinski definition) is 0. The average Bonchev–Trinajstić information content (AvgIpc) is 2.86. The Morgan fingerprint density at radius 2 is 1.57 bits per heavy atom. The van der Waals surface area contributed by atoms with E-state index in [1.54, 1.807) is 26.0 Å². The number of benzene rings is 2. The lowest BCUT2D eigenvalue weighted by atomic mass is 9.93. The minimum Gasteiger partial charge on any atom is -0.424 e. The van der Waals surface area contributed by atoms with Crippen LogP contribution in [0.15, 0.2) is 48.2 Å². The summed E-state index contributed by atoms with van der Waals surface area (Å²) in [7, 11) is 1.48. The molecule has 0 spiro atoms. The number of hydrogen-bond acceptors (Lipinski definition) is 5. The molecule has 0 unspecified atom stereocenters. The Kier molecular flexibility index (Phi) is 6.10. The number of methoxy groups -OCH3 is 1. The molecule has 0 saturated heterocycles. The van der Waals surface area contributed by atoms with Crippen LogP contribution in [-0.4, -0.2) is 36.4 Å². The summed E-state index contributed by atoms with van der Waals surface area (Å²) in [6.45, 7) is 9.15. The Morgan fingerprint density at radius 3 is 2.17 bits per heavy atom. The molecule has 0 radical (unpaired) electrons. The Labute approximate surface area is 177 Å². The first-order valence-electron chi connectivity index (χ1n) is 9.75. The van der Waals surface area contributed by atoms with Crippen LogP contribution in [0.1, 0.15) is 46.5 Å². The van der Waals surface area contributed by atoms with E-state index in [4.69, 9.17) is 14.3 Å². The van der Waals surface area contributed by atoms with Crippen LogP contribution < -0.4 is 0 Å². The Balaban J connectivity index is 2.16. The van der Waals surface area contributed by atoms with Crippen LogP contribution in [0.25, 0.3) is 5.57 Å². The number of hydroxylamine groups is 2. The second kappa shape index (κ2) is 8.42. The fraction of sp³-hybridized carbons (Fsp3) is 0.333. The molecule has 3 rings (SSSR count). The molecule has 2 aromatic rings. The molecule has 0 aromatic heterocycles. The smallest absolute Gasteiger partial charge is 0.343 e. The first-order chi connectivity index (χ1) is 14.2. The maximum Gasteiger partial charge on any atom is 0.343 e. The highest BCUT2D eigenvalue weighted by molar-refractivity contribution is 6.23. The van der Waals surface area contributed by atoms with Gasteiger partial charge in [0.2, 0.25) is 0 Å². The molecule has 30 heavy (non-hydrogen) atoms. The van der Waals surface area contributed by atoms with Gasteiger partial charge >= 0.3 is 5.97 Å². The molecule has 0 atom stereocenters. The predicted molar refractivity (Wildman–Crippen MR) is 113 cm³/mol. The number of aryl methyl sites for hydroxylation is 3. The minimum atomic E-state index is -1.02. The maximum atomic E-state index is 13.4. The molecular formula is C24H27NO5. The van der Waals surface area contributed by atoms with E-state index in [2.05, 4.69) is 0 Å². The highest BCUT2D eigenvalue weighted by atomic mass is 16.8. The molecule has 0 N–H and O–H groups in total. The molecule has 2 aromatic carbocycles. The van der Waals surface area contributed by atoms with Gasteiger partial charge in [-0.05, 0) is 62.9 Å². The topological polar surface area (TPSA) is 65.1 Å². The van der Waals surface area contributed by atoms with Gasteiger partial charge in [0.15, 0.2) is 6.79 Å². The van der Waals surface area contributed by atoms with Crippen LogP contribution in [0.2, 0.25) is 0 Å². The summed E-state index contributed by atoms with van der Waals surface area (Å²) < 4.78 is 10.9. The van der Waals surface area contributed by atoms with Crippen molar-refractivity contribution < 1.29 is 23.9 Å². The van der Waals surface area contributed by atoms with Crippen molar-refractivity contribution in [2.45, 2.75) is 40.2 Å². The number of amides is 1. The van der Waals surface area contributed by atoms with E-state index in [0.29, 0.717) is 11.1 Å². The van der Waals surface area contributed by atoms with Crippen LogP contribution in [0.3, 0.4) is 0 Å². The standard InChI is InChI=1S/C24H27NO5/c1-15-10-7-8-13-18(15)23(27)30-21-20(19-16(2)11-9-12-17(19)3)22(26)25(24(21,4)5)29-14-28-6/h7-13H,14H2,1-6H3. The summed E-state index contributed by atoms with van der Waals surface area (Å²) >= 11 is 0. The van der Waals surface area contributed by atoms with E-state index in [1.807, 2.05) is 51.1 Å². The van der Waals surface area contributed by atoms with Gasteiger partial charge in [-0.2, -0.15) is 0 Å². The number of carbonyl (C=O) groups is 2. The summed E-state index contributed by atoms with van der Waals surface area (Å²) in [5, 5.41) is 1.22. The van der Waals surface area contributed by atoms with E-state index < -0.39 is 11.5 Å². The van der Waals surface area contributed by atoms with E-state index in [0.717, 1.165) is 22.3 Å². The van der Waals surface area contributed by atoms with Gasteiger partial charge in [0, 0.05) is 7.11 Å². The number of carbonyl (C=O) groups excluding carboxylic acids is 2. The van der Waals surface area contributed by atoms with Crippen molar-refractivity contribution in [3.8, 4) is 0 Å². The first-order valence-corrected chi connectivity index (χ1v) is 9.75. The maximum absolute atomic E-state index is 13.4. The van der Waals surface area contributed by atoms with E-state index >= 15 is 0 Å². The van der Waals surface area contributed by atoms with E-state index in [-0.39, 0.29) is 18.5 Å². The van der Waals surface area contributed by atoms with Crippen molar-refractivity contribution in [3.63, 3.8) is 0 Å². The molecule has 0 bridgehead atoms. The number of nitrogens with zero attached hydrogens (tertiary/aromatic N) is 1. The van der Waals surface area contributed by atoms with Crippen molar-refractivity contribution in [3.05, 3.63) is 76.0 Å². The Bertz CT molecular complexity index is 1000. The van der Waals surface area contributed by atoms with Gasteiger partial charge in [0.25, 0.3) is 5.91 Å². The van der Waals surface area contributed by atoms with Gasteiger partial charge in [0.05, 0.1) is 11.1 Å². The van der Waals surface area contributed by atoms with Crippen molar-refractivity contribution in [2.24, 2.45) is 0 Å². The van der Waals surface area contributed by atoms with Gasteiger partial charge in [0.1, 0.15) is 11.3 Å². The highest BCUT2D eigenvalue weighted by Gasteiger charge is 2.50.